The van der Waals surface area contributed by atoms with Crippen molar-refractivity contribution in [3.63, 3.8) is 0 Å². The van der Waals surface area contributed by atoms with E-state index in [0.717, 1.165) is 31.2 Å². The van der Waals surface area contributed by atoms with E-state index in [4.69, 9.17) is 14.2 Å². The third-order valence-corrected chi connectivity index (χ3v) is 7.23. The summed E-state index contributed by atoms with van der Waals surface area (Å²) in [6.07, 6.45) is -1.21. The number of rotatable bonds is 6. The molecule has 3 aliphatic heterocycles. The van der Waals surface area contributed by atoms with Gasteiger partial charge in [0, 0.05) is 48.8 Å². The first-order valence-corrected chi connectivity index (χ1v) is 12.5. The number of piperidine rings is 1. The van der Waals surface area contributed by atoms with E-state index in [-0.39, 0.29) is 30.3 Å². The minimum atomic E-state index is -4.43. The number of ether oxygens (including phenoxy) is 3. The molecule has 0 amide bonds. The second-order valence-electron chi connectivity index (χ2n) is 9.79. The van der Waals surface area contributed by atoms with Crippen molar-refractivity contribution in [3.05, 3.63) is 59.8 Å². The molecule has 3 aromatic rings. The lowest BCUT2D eigenvalue weighted by Crippen LogP contribution is -2.47. The van der Waals surface area contributed by atoms with Gasteiger partial charge in [-0.05, 0) is 37.1 Å². The summed E-state index contributed by atoms with van der Waals surface area (Å²) in [6, 6.07) is 7.48. The van der Waals surface area contributed by atoms with Crippen LogP contribution in [0.15, 0.2) is 42.6 Å². The Morgan fingerprint density at radius 3 is 2.24 bits per heavy atom. The summed E-state index contributed by atoms with van der Waals surface area (Å²) in [5.41, 5.74) is -0.141. The van der Waals surface area contributed by atoms with Gasteiger partial charge < -0.3 is 19.1 Å². The maximum Gasteiger partial charge on any atom is 0.417 e. The van der Waals surface area contributed by atoms with Crippen LogP contribution in [0.3, 0.4) is 0 Å². The molecule has 3 saturated heterocycles. The summed E-state index contributed by atoms with van der Waals surface area (Å²) in [4.78, 5) is 6.20. The monoisotopic (exact) mass is 536 g/mol. The van der Waals surface area contributed by atoms with Crippen molar-refractivity contribution in [1.82, 2.24) is 14.8 Å². The number of halogens is 5. The van der Waals surface area contributed by atoms with Crippen LogP contribution in [0.2, 0.25) is 0 Å². The molecule has 38 heavy (non-hydrogen) atoms. The Labute approximate surface area is 215 Å². The van der Waals surface area contributed by atoms with Crippen LogP contribution in [-0.4, -0.2) is 52.5 Å². The molecule has 0 aliphatic carbocycles. The molecule has 2 aromatic heterocycles. The molecule has 0 saturated carbocycles. The van der Waals surface area contributed by atoms with Gasteiger partial charge in [0.1, 0.15) is 23.6 Å². The Hall–Kier alpha value is -3.25. The molecule has 0 radical (unpaired) electrons. The van der Waals surface area contributed by atoms with Gasteiger partial charge in [-0.1, -0.05) is 0 Å². The zero-order valence-electron chi connectivity index (χ0n) is 20.2. The number of aromatic nitrogens is 3. The van der Waals surface area contributed by atoms with Gasteiger partial charge in [0.2, 0.25) is 5.88 Å². The molecular weight excluding hydrogens is 511 g/mol. The Morgan fingerprint density at radius 2 is 1.63 bits per heavy atom. The number of anilines is 1. The van der Waals surface area contributed by atoms with E-state index in [9.17, 15) is 22.0 Å². The molecule has 2 bridgehead atoms. The third-order valence-electron chi connectivity index (χ3n) is 7.23. The van der Waals surface area contributed by atoms with Crippen molar-refractivity contribution in [3.8, 4) is 17.1 Å². The zero-order chi connectivity index (χ0) is 26.4. The summed E-state index contributed by atoms with van der Waals surface area (Å²) in [7, 11) is 0. The van der Waals surface area contributed by atoms with Crippen LogP contribution < -0.4 is 9.64 Å². The summed E-state index contributed by atoms with van der Waals surface area (Å²) in [5, 5.41) is 4.52. The van der Waals surface area contributed by atoms with Crippen LogP contribution in [0.25, 0.3) is 11.3 Å². The van der Waals surface area contributed by atoms with Crippen molar-refractivity contribution in [2.45, 2.75) is 62.9 Å². The Kier molecular flexibility index (Phi) is 6.47. The molecule has 0 spiro atoms. The van der Waals surface area contributed by atoms with Gasteiger partial charge in [-0.25, -0.2) is 18.4 Å². The van der Waals surface area contributed by atoms with Gasteiger partial charge in [-0.15, -0.1) is 0 Å². The van der Waals surface area contributed by atoms with Crippen LogP contribution >= 0.6 is 0 Å². The van der Waals surface area contributed by atoms with Crippen molar-refractivity contribution in [1.29, 1.82) is 0 Å². The molecule has 1 unspecified atom stereocenters. The average Bonchev–Trinajstić information content (AvgIpc) is 3.58. The number of benzene rings is 1. The van der Waals surface area contributed by atoms with Gasteiger partial charge in [-0.2, -0.15) is 18.3 Å². The van der Waals surface area contributed by atoms with Gasteiger partial charge in [0.25, 0.3) is 0 Å². The maximum absolute atomic E-state index is 13.9. The molecule has 5 heterocycles. The van der Waals surface area contributed by atoms with E-state index >= 15 is 0 Å². The number of nitrogens with zero attached hydrogens (tertiary/aromatic N) is 4. The van der Waals surface area contributed by atoms with Crippen LogP contribution in [-0.2, 0) is 22.2 Å². The second kappa shape index (κ2) is 9.81. The van der Waals surface area contributed by atoms with Crippen LogP contribution in [0, 0.1) is 11.6 Å². The number of hydrogen-bond donors (Lipinski definition) is 0. The van der Waals surface area contributed by atoms with Crippen LogP contribution in [0.4, 0.5) is 27.8 Å². The Morgan fingerprint density at radius 1 is 0.947 bits per heavy atom. The topological polar surface area (TPSA) is 61.6 Å². The van der Waals surface area contributed by atoms with Crippen molar-refractivity contribution in [2.24, 2.45) is 0 Å². The normalized spacial score (nSPS) is 23.8. The largest absolute Gasteiger partial charge is 0.474 e. The zero-order valence-corrected chi connectivity index (χ0v) is 20.2. The quantitative estimate of drug-likeness (QED) is 0.404. The molecule has 3 fully saturated rings. The van der Waals surface area contributed by atoms with E-state index in [2.05, 4.69) is 15.0 Å². The number of alkyl halides is 3. The maximum atomic E-state index is 13.9. The lowest BCUT2D eigenvalue weighted by Gasteiger charge is -2.39. The molecule has 202 valence electrons. The minimum absolute atomic E-state index is 0.0673. The summed E-state index contributed by atoms with van der Waals surface area (Å²) >= 11 is 0. The fourth-order valence-corrected chi connectivity index (χ4v) is 5.60. The van der Waals surface area contributed by atoms with E-state index in [1.54, 1.807) is 10.7 Å². The average molecular weight is 537 g/mol. The van der Waals surface area contributed by atoms with Gasteiger partial charge >= 0.3 is 6.18 Å². The van der Waals surface area contributed by atoms with Crippen LogP contribution in [0.5, 0.6) is 5.88 Å². The first-order valence-electron chi connectivity index (χ1n) is 12.5. The molecule has 12 heteroatoms. The molecule has 6 rings (SSSR count). The van der Waals surface area contributed by atoms with Crippen molar-refractivity contribution < 1.29 is 36.2 Å². The summed E-state index contributed by atoms with van der Waals surface area (Å²) in [6.45, 7) is 1.17. The molecule has 1 aromatic carbocycles. The molecule has 3 aliphatic rings. The highest BCUT2D eigenvalue weighted by atomic mass is 19.4. The highest BCUT2D eigenvalue weighted by Gasteiger charge is 2.43. The standard InChI is InChI=1S/C26H25F5N4O3/c27-17-7-15(8-18(28)9-17)22-12-24(34(33-22)14-25-36-5-6-37-25)38-21-10-19-2-3-20(11-21)35(19)23-4-1-16(13-32-23)26(29,30)31/h1,4,7-9,12-13,19-21,25H,2-3,5-6,10-11,14H2/t19-,20+,21?. The lowest BCUT2D eigenvalue weighted by molar-refractivity contribution is -0.137. The molecule has 3 atom stereocenters. The van der Waals surface area contributed by atoms with Gasteiger partial charge in [0.05, 0.1) is 31.0 Å². The van der Waals surface area contributed by atoms with Gasteiger partial charge in [0.15, 0.2) is 6.29 Å². The number of pyridine rings is 1. The van der Waals surface area contributed by atoms with E-state index in [1.807, 2.05) is 0 Å². The SMILES string of the molecule is Fc1cc(F)cc(-c2cc(OC3C[C@H]4CC[C@@H](C3)N4c3ccc(C(F)(F)F)cn3)n(CC3OCCO3)n2)c1. The predicted octanol–water partition coefficient (Wildman–Crippen LogP) is 5.19. The van der Waals surface area contributed by atoms with Gasteiger partial charge in [-0.3, -0.25) is 0 Å². The van der Waals surface area contributed by atoms with Crippen molar-refractivity contribution in [2.75, 3.05) is 18.1 Å². The minimum Gasteiger partial charge on any atom is -0.474 e. The summed E-state index contributed by atoms with van der Waals surface area (Å²) < 4.78 is 85.7. The first-order chi connectivity index (χ1) is 18.2. The molecular formula is C26H25F5N4O3. The number of fused-ring (bicyclic) bond motifs is 2. The van der Waals surface area contributed by atoms with E-state index < -0.39 is 29.7 Å². The van der Waals surface area contributed by atoms with Crippen molar-refractivity contribution >= 4 is 5.82 Å². The third kappa shape index (κ3) is 5.06. The van der Waals surface area contributed by atoms with E-state index in [0.29, 0.717) is 43.4 Å². The molecule has 0 N–H and O–H groups in total. The summed E-state index contributed by atoms with van der Waals surface area (Å²) in [5.74, 6) is -0.463. The smallest absolute Gasteiger partial charge is 0.417 e. The lowest BCUT2D eigenvalue weighted by atomic mass is 9.99. The fraction of sp³-hybridized carbons (Fsp3) is 0.462. The Balaban J connectivity index is 1.21. The highest BCUT2D eigenvalue weighted by molar-refractivity contribution is 5.60. The fourth-order valence-electron chi connectivity index (χ4n) is 5.60. The highest BCUT2D eigenvalue weighted by Crippen LogP contribution is 2.41. The van der Waals surface area contributed by atoms with E-state index in [1.165, 1.54) is 18.2 Å². The van der Waals surface area contributed by atoms with Crippen LogP contribution in [0.1, 0.15) is 31.2 Å². The first kappa shape index (κ1) is 25.1. The predicted molar refractivity (Wildman–Crippen MR) is 125 cm³/mol. The molecule has 7 nitrogen and oxygen atoms in total. The Bertz CT molecular complexity index is 1260. The number of hydrogen-bond acceptors (Lipinski definition) is 6. The second-order valence-corrected chi connectivity index (χ2v) is 9.79.